The van der Waals surface area contributed by atoms with Crippen molar-refractivity contribution in [3.8, 4) is 5.75 Å². The third-order valence-corrected chi connectivity index (χ3v) is 4.79. The number of aliphatic imine (C=N–C) groups is 1. The van der Waals surface area contributed by atoms with E-state index in [4.69, 9.17) is 9.47 Å². The van der Waals surface area contributed by atoms with Gasteiger partial charge in [-0.05, 0) is 69.4 Å². The summed E-state index contributed by atoms with van der Waals surface area (Å²) in [5.41, 5.74) is 2.71. The molecule has 0 saturated heterocycles. The van der Waals surface area contributed by atoms with Crippen LogP contribution in [0.25, 0.3) is 5.70 Å². The summed E-state index contributed by atoms with van der Waals surface area (Å²) in [7, 11) is 4.11. The highest BCUT2D eigenvalue weighted by Gasteiger charge is 2.25. The van der Waals surface area contributed by atoms with E-state index in [0.29, 0.717) is 24.7 Å². The third kappa shape index (κ3) is 6.06. The summed E-state index contributed by atoms with van der Waals surface area (Å²) >= 11 is 0. The Morgan fingerprint density at radius 2 is 2.13 bits per heavy atom. The first-order chi connectivity index (χ1) is 15.0. The lowest BCUT2D eigenvalue weighted by Gasteiger charge is -2.17. The second-order valence-electron chi connectivity index (χ2n) is 7.51. The first kappa shape index (κ1) is 22.3. The lowest BCUT2D eigenvalue weighted by molar-refractivity contribution is 0.214. The smallest absolute Gasteiger partial charge is 0.194 e. The van der Waals surface area contributed by atoms with Crippen LogP contribution in [0.3, 0.4) is 0 Å². The zero-order valence-corrected chi connectivity index (χ0v) is 18.5. The molecule has 2 heterocycles. The van der Waals surface area contributed by atoms with E-state index in [1.807, 2.05) is 42.2 Å². The summed E-state index contributed by atoms with van der Waals surface area (Å²) in [6.45, 7) is 12.3. The molecule has 0 unspecified atom stereocenters. The van der Waals surface area contributed by atoms with Crippen LogP contribution in [0, 0.1) is 0 Å². The van der Waals surface area contributed by atoms with Crippen LogP contribution in [-0.2, 0) is 11.3 Å². The molecule has 0 aliphatic carbocycles. The molecule has 0 saturated carbocycles. The molecule has 0 atom stereocenters. The summed E-state index contributed by atoms with van der Waals surface area (Å²) in [6, 6.07) is 11.9. The number of fused-ring (bicyclic) bond motifs is 1. The summed E-state index contributed by atoms with van der Waals surface area (Å²) in [6.07, 6.45) is 6.35. The molecule has 0 amide bonds. The highest BCUT2D eigenvalue weighted by atomic mass is 16.5. The zero-order valence-electron chi connectivity index (χ0n) is 18.5. The van der Waals surface area contributed by atoms with Gasteiger partial charge in [0.25, 0.3) is 0 Å². The van der Waals surface area contributed by atoms with Crippen molar-refractivity contribution in [1.29, 1.82) is 0 Å². The van der Waals surface area contributed by atoms with Crippen LogP contribution in [0.15, 0.2) is 78.5 Å². The van der Waals surface area contributed by atoms with Crippen molar-refractivity contribution in [1.82, 2.24) is 9.88 Å². The highest BCUT2D eigenvalue weighted by Crippen LogP contribution is 2.37. The predicted molar refractivity (Wildman–Crippen MR) is 127 cm³/mol. The lowest BCUT2D eigenvalue weighted by atomic mass is 10.1. The Morgan fingerprint density at radius 1 is 1.29 bits per heavy atom. The number of anilines is 1. The summed E-state index contributed by atoms with van der Waals surface area (Å²) < 4.78 is 11.5. The Labute approximate surface area is 184 Å². The molecule has 2 aromatic rings. The largest absolute Gasteiger partial charge is 0.492 e. The predicted octanol–water partition coefficient (Wildman–Crippen LogP) is 4.87. The average molecular weight is 419 g/mol. The number of pyridine rings is 1. The van der Waals surface area contributed by atoms with Gasteiger partial charge in [0.15, 0.2) is 17.5 Å². The molecule has 0 fully saturated rings. The van der Waals surface area contributed by atoms with Crippen molar-refractivity contribution in [2.24, 2.45) is 4.99 Å². The number of benzene rings is 1. The normalized spacial score (nSPS) is 13.6. The van der Waals surface area contributed by atoms with Gasteiger partial charge >= 0.3 is 0 Å². The quantitative estimate of drug-likeness (QED) is 0.313. The number of ether oxygens (including phenoxy) is 2. The van der Waals surface area contributed by atoms with Crippen LogP contribution >= 0.6 is 0 Å². The van der Waals surface area contributed by atoms with Crippen molar-refractivity contribution in [2.45, 2.75) is 19.9 Å². The molecule has 1 aliphatic rings. The Kier molecular flexibility index (Phi) is 7.62. The Balaban J connectivity index is 1.62. The van der Waals surface area contributed by atoms with Gasteiger partial charge < -0.3 is 14.4 Å². The van der Waals surface area contributed by atoms with Gasteiger partial charge in [-0.15, -0.1) is 0 Å². The average Bonchev–Trinajstić information content (AvgIpc) is 3.08. The molecule has 6 nitrogen and oxygen atoms in total. The molecule has 0 spiro atoms. The minimum absolute atomic E-state index is 0.570. The molecule has 0 radical (unpaired) electrons. The van der Waals surface area contributed by atoms with Gasteiger partial charge in [-0.2, -0.15) is 0 Å². The van der Waals surface area contributed by atoms with Gasteiger partial charge in [0, 0.05) is 12.7 Å². The first-order valence-electron chi connectivity index (χ1n) is 10.3. The van der Waals surface area contributed by atoms with Crippen LogP contribution in [-0.4, -0.2) is 43.3 Å². The van der Waals surface area contributed by atoms with Crippen molar-refractivity contribution in [3.05, 3.63) is 84.6 Å². The number of rotatable bonds is 10. The van der Waals surface area contributed by atoms with Crippen molar-refractivity contribution >= 4 is 17.7 Å². The van der Waals surface area contributed by atoms with E-state index in [2.05, 4.69) is 54.3 Å². The molecule has 162 valence electrons. The van der Waals surface area contributed by atoms with E-state index in [-0.39, 0.29) is 0 Å². The Hall–Kier alpha value is -3.38. The van der Waals surface area contributed by atoms with Gasteiger partial charge in [0.2, 0.25) is 0 Å². The molecule has 3 rings (SSSR count). The van der Waals surface area contributed by atoms with E-state index in [1.54, 1.807) is 12.4 Å². The van der Waals surface area contributed by atoms with Crippen LogP contribution in [0.4, 0.5) is 5.82 Å². The molecular formula is C25H30N4O2. The molecular weight excluding hydrogens is 388 g/mol. The van der Waals surface area contributed by atoms with Crippen molar-refractivity contribution in [3.63, 3.8) is 0 Å². The molecule has 1 aliphatic heterocycles. The van der Waals surface area contributed by atoms with E-state index >= 15 is 0 Å². The molecule has 6 heteroatoms. The van der Waals surface area contributed by atoms with E-state index in [1.165, 1.54) is 0 Å². The van der Waals surface area contributed by atoms with Crippen LogP contribution < -0.4 is 9.64 Å². The zero-order chi connectivity index (χ0) is 22.2. The first-order valence-corrected chi connectivity index (χ1v) is 10.3. The summed E-state index contributed by atoms with van der Waals surface area (Å²) in [5.74, 6) is 2.81. The van der Waals surface area contributed by atoms with Crippen molar-refractivity contribution < 1.29 is 9.47 Å². The molecule has 0 bridgehead atoms. The SMILES string of the molecule is C=C(/N=C\C(=C/C)OCCCN(C)C)c1cccc(CN2C(=C)Oc3cccnc32)c1. The maximum absolute atomic E-state index is 5.79. The van der Waals surface area contributed by atoms with E-state index < -0.39 is 0 Å². The van der Waals surface area contributed by atoms with Crippen LogP contribution in [0.1, 0.15) is 24.5 Å². The molecule has 31 heavy (non-hydrogen) atoms. The Morgan fingerprint density at radius 3 is 2.90 bits per heavy atom. The number of aromatic nitrogens is 1. The summed E-state index contributed by atoms with van der Waals surface area (Å²) in [4.78, 5) is 13.0. The van der Waals surface area contributed by atoms with Gasteiger partial charge in [0.05, 0.1) is 25.1 Å². The molecule has 1 aromatic carbocycles. The standard InChI is InChI=1S/C25H30N4O2/c1-6-23(30-15-9-14-28(4)5)17-27-19(2)22-11-7-10-21(16-22)18-29-20(3)31-24-12-8-13-26-25(24)29/h6-8,10-13,16-17H,2-3,9,14-15,18H2,1,4-5H3/b23-6+,27-17-. The number of allylic oxidation sites excluding steroid dienone is 2. The fourth-order valence-corrected chi connectivity index (χ4v) is 3.14. The number of hydrogen-bond donors (Lipinski definition) is 0. The monoisotopic (exact) mass is 418 g/mol. The van der Waals surface area contributed by atoms with E-state index in [9.17, 15) is 0 Å². The lowest BCUT2D eigenvalue weighted by Crippen LogP contribution is -2.19. The van der Waals surface area contributed by atoms with Gasteiger partial charge in [-0.1, -0.05) is 24.8 Å². The number of hydrogen-bond acceptors (Lipinski definition) is 6. The maximum atomic E-state index is 5.79. The topological polar surface area (TPSA) is 50.2 Å². The highest BCUT2D eigenvalue weighted by molar-refractivity contribution is 5.82. The van der Waals surface area contributed by atoms with E-state index in [0.717, 1.165) is 41.4 Å². The Bertz CT molecular complexity index is 995. The van der Waals surface area contributed by atoms with Gasteiger partial charge in [0.1, 0.15) is 5.76 Å². The number of nitrogens with zero attached hydrogens (tertiary/aromatic N) is 4. The van der Waals surface area contributed by atoms with Gasteiger partial charge in [-0.3, -0.25) is 9.89 Å². The molecule has 1 aromatic heterocycles. The second kappa shape index (κ2) is 10.6. The van der Waals surface area contributed by atoms with Crippen LogP contribution in [0.5, 0.6) is 5.75 Å². The minimum Gasteiger partial charge on any atom is -0.492 e. The van der Waals surface area contributed by atoms with Gasteiger partial charge in [-0.25, -0.2) is 4.98 Å². The fraction of sp³-hybridized carbons (Fsp3) is 0.280. The second-order valence-corrected chi connectivity index (χ2v) is 7.51. The molecule has 0 N–H and O–H groups in total. The maximum Gasteiger partial charge on any atom is 0.194 e. The van der Waals surface area contributed by atoms with Crippen LogP contribution in [0.2, 0.25) is 0 Å². The minimum atomic E-state index is 0.570. The van der Waals surface area contributed by atoms with Crippen molar-refractivity contribution in [2.75, 3.05) is 32.1 Å². The third-order valence-electron chi connectivity index (χ3n) is 4.79. The fourth-order valence-electron chi connectivity index (χ4n) is 3.14. The summed E-state index contributed by atoms with van der Waals surface area (Å²) in [5, 5.41) is 0.